The molecule has 4 atom stereocenters. The molecule has 1 aliphatic carbocycles. The van der Waals surface area contributed by atoms with E-state index < -0.39 is 26.7 Å². The number of nitrogens with zero attached hydrogens (tertiary/aromatic N) is 4. The molecule has 0 N–H and O–H groups in total. The van der Waals surface area contributed by atoms with Crippen molar-refractivity contribution < 1.29 is 19.4 Å². The molecule has 8 rings (SSSR count). The van der Waals surface area contributed by atoms with Crippen molar-refractivity contribution in [3.8, 4) is 0 Å². The van der Waals surface area contributed by atoms with Crippen molar-refractivity contribution in [2.45, 2.75) is 17.5 Å². The standard InChI is InChI=1S/C35H28N4O6S/c1-36-17-24(14-21-6-2-10-25(15-21)38(42)43)32(40)34(19-36)31(23-9-3-11-26(16-23)39(44)45)29-18-46-20-37(29)35(34)28-13-5-8-22-7-4-12-27(30(22)28)33(35)41/h2-16,29,31H,17-20H2,1H3/b24-14+/t29-,31-,34-,35-/m0/s1. The van der Waals surface area contributed by atoms with Crippen LogP contribution in [0.5, 0.6) is 0 Å². The molecule has 0 saturated carbocycles. The van der Waals surface area contributed by atoms with Gasteiger partial charge in [-0.1, -0.05) is 60.7 Å². The number of thioether (sulfide) groups is 1. The lowest BCUT2D eigenvalue weighted by molar-refractivity contribution is -0.385. The first-order valence-electron chi connectivity index (χ1n) is 15.0. The lowest BCUT2D eigenvalue weighted by Gasteiger charge is -2.51. The van der Waals surface area contributed by atoms with Gasteiger partial charge in [0.15, 0.2) is 11.6 Å². The van der Waals surface area contributed by atoms with Gasteiger partial charge in [-0.05, 0) is 40.6 Å². The van der Waals surface area contributed by atoms with Crippen LogP contribution in [-0.4, -0.2) is 69.0 Å². The highest BCUT2D eigenvalue weighted by Crippen LogP contribution is 2.69. The largest absolute Gasteiger partial charge is 0.301 e. The number of likely N-dealkylation sites (tertiary alicyclic amines) is 1. The number of nitro groups is 2. The van der Waals surface area contributed by atoms with Gasteiger partial charge in [0, 0.05) is 72.1 Å². The van der Waals surface area contributed by atoms with Gasteiger partial charge in [0.05, 0.1) is 15.3 Å². The zero-order chi connectivity index (χ0) is 32.0. The van der Waals surface area contributed by atoms with Crippen molar-refractivity contribution in [1.29, 1.82) is 0 Å². The normalized spacial score (nSPS) is 28.2. The van der Waals surface area contributed by atoms with E-state index in [1.807, 2.05) is 54.4 Å². The van der Waals surface area contributed by atoms with Gasteiger partial charge in [0.2, 0.25) is 0 Å². The molecule has 4 aromatic carbocycles. The summed E-state index contributed by atoms with van der Waals surface area (Å²) < 4.78 is 0. The highest BCUT2D eigenvalue weighted by atomic mass is 32.2. The van der Waals surface area contributed by atoms with Crippen LogP contribution in [0.15, 0.2) is 90.5 Å². The van der Waals surface area contributed by atoms with Crippen LogP contribution in [0.4, 0.5) is 11.4 Å². The van der Waals surface area contributed by atoms with Gasteiger partial charge < -0.3 is 4.90 Å². The molecule has 2 spiro atoms. The Bertz CT molecular complexity index is 2060. The summed E-state index contributed by atoms with van der Waals surface area (Å²) in [4.78, 5) is 57.8. The minimum atomic E-state index is -1.37. The van der Waals surface area contributed by atoms with Crippen molar-refractivity contribution in [2.24, 2.45) is 5.41 Å². The van der Waals surface area contributed by atoms with Gasteiger partial charge >= 0.3 is 0 Å². The zero-order valence-electron chi connectivity index (χ0n) is 24.8. The number of hydrogen-bond donors (Lipinski definition) is 0. The predicted octanol–water partition coefficient (Wildman–Crippen LogP) is 5.80. The Morgan fingerprint density at radius 1 is 0.891 bits per heavy atom. The van der Waals surface area contributed by atoms with Gasteiger partial charge in [-0.3, -0.25) is 34.7 Å². The second-order valence-electron chi connectivity index (χ2n) is 12.6. The van der Waals surface area contributed by atoms with Crippen molar-refractivity contribution in [3.05, 3.63) is 133 Å². The van der Waals surface area contributed by atoms with Crippen molar-refractivity contribution in [1.82, 2.24) is 9.80 Å². The van der Waals surface area contributed by atoms with E-state index in [1.54, 1.807) is 42.1 Å². The van der Waals surface area contributed by atoms with Crippen LogP contribution in [0.2, 0.25) is 0 Å². The molecule has 10 nitrogen and oxygen atoms in total. The van der Waals surface area contributed by atoms with Crippen LogP contribution in [0.25, 0.3) is 16.8 Å². The van der Waals surface area contributed by atoms with Gasteiger partial charge in [0.25, 0.3) is 11.4 Å². The van der Waals surface area contributed by atoms with Gasteiger partial charge in [-0.25, -0.2) is 0 Å². The molecule has 46 heavy (non-hydrogen) atoms. The number of ketones is 2. The van der Waals surface area contributed by atoms with Gasteiger partial charge in [-0.15, -0.1) is 11.8 Å². The molecular weight excluding hydrogens is 604 g/mol. The average molecular weight is 633 g/mol. The third-order valence-electron chi connectivity index (χ3n) is 10.3. The highest BCUT2D eigenvalue weighted by Gasteiger charge is 2.78. The Balaban J connectivity index is 1.44. The zero-order valence-corrected chi connectivity index (χ0v) is 25.6. The number of benzene rings is 4. The SMILES string of the molecule is CN1C/C(=C\c2cccc([N+](=O)[O-])c2)C(=O)[C@]2(C1)[C@@H](c1cccc([N+](=O)[O-])c1)[C@@H]1CSCN1[C@@]21C(=O)c2cccc3cccc1c23. The average Bonchev–Trinajstić information content (AvgIpc) is 3.68. The molecule has 0 unspecified atom stereocenters. The minimum Gasteiger partial charge on any atom is -0.301 e. The summed E-state index contributed by atoms with van der Waals surface area (Å²) in [5.41, 5.74) is 0.0896. The molecule has 230 valence electrons. The minimum absolute atomic E-state index is 0.0714. The number of non-ortho nitro benzene ring substituents is 2. The predicted molar refractivity (Wildman–Crippen MR) is 175 cm³/mol. The van der Waals surface area contributed by atoms with Gasteiger partial charge in [-0.2, -0.15) is 0 Å². The molecule has 0 aromatic heterocycles. The van der Waals surface area contributed by atoms with E-state index in [-0.39, 0.29) is 42.1 Å². The number of carbonyl (C=O) groups is 2. The monoisotopic (exact) mass is 632 g/mol. The van der Waals surface area contributed by atoms with Crippen LogP contribution in [0.3, 0.4) is 0 Å². The first-order valence-corrected chi connectivity index (χ1v) is 16.2. The summed E-state index contributed by atoms with van der Waals surface area (Å²) >= 11 is 1.70. The molecule has 4 aliphatic rings. The topological polar surface area (TPSA) is 127 Å². The summed E-state index contributed by atoms with van der Waals surface area (Å²) in [6.07, 6.45) is 1.70. The van der Waals surface area contributed by atoms with Crippen LogP contribution in [0.1, 0.15) is 33.0 Å². The van der Waals surface area contributed by atoms with E-state index in [9.17, 15) is 20.2 Å². The Hall–Kier alpha value is -4.71. The lowest BCUT2D eigenvalue weighted by Crippen LogP contribution is -2.65. The Morgan fingerprint density at radius 3 is 2.35 bits per heavy atom. The number of fused-ring (bicyclic) bond motifs is 4. The first-order chi connectivity index (χ1) is 22.2. The summed E-state index contributed by atoms with van der Waals surface area (Å²) in [6, 6.07) is 24.0. The fourth-order valence-electron chi connectivity index (χ4n) is 8.87. The molecule has 0 bridgehead atoms. The van der Waals surface area contributed by atoms with Crippen molar-refractivity contribution >= 4 is 51.6 Å². The molecule has 3 aliphatic heterocycles. The van der Waals surface area contributed by atoms with E-state index in [0.29, 0.717) is 33.9 Å². The number of hydrogen-bond acceptors (Lipinski definition) is 9. The van der Waals surface area contributed by atoms with E-state index >= 15 is 9.59 Å². The second-order valence-corrected chi connectivity index (χ2v) is 13.6. The Morgan fingerprint density at radius 2 is 1.59 bits per heavy atom. The maximum Gasteiger partial charge on any atom is 0.270 e. The fraction of sp³-hybridized carbons (Fsp3) is 0.257. The molecular formula is C35H28N4O6S. The second kappa shape index (κ2) is 10.1. The quantitative estimate of drug-likeness (QED) is 0.156. The Kier molecular flexibility index (Phi) is 6.34. The number of rotatable bonds is 4. The van der Waals surface area contributed by atoms with E-state index in [2.05, 4.69) is 4.90 Å². The summed E-state index contributed by atoms with van der Waals surface area (Å²) in [5.74, 6) is 0.288. The van der Waals surface area contributed by atoms with Crippen LogP contribution in [0, 0.1) is 25.6 Å². The number of nitro benzene ring substituents is 2. The van der Waals surface area contributed by atoms with E-state index in [4.69, 9.17) is 0 Å². The number of piperidine rings is 1. The van der Waals surface area contributed by atoms with Crippen LogP contribution >= 0.6 is 11.8 Å². The third kappa shape index (κ3) is 3.67. The first kappa shape index (κ1) is 28.7. The van der Waals surface area contributed by atoms with Crippen LogP contribution in [-0.2, 0) is 10.3 Å². The molecule has 0 radical (unpaired) electrons. The molecule has 3 fully saturated rings. The smallest absolute Gasteiger partial charge is 0.270 e. The van der Waals surface area contributed by atoms with Gasteiger partial charge in [0.1, 0.15) is 5.54 Å². The maximum absolute atomic E-state index is 15.6. The molecule has 4 aromatic rings. The fourth-order valence-corrected chi connectivity index (χ4v) is 10.2. The Labute approximate surface area is 268 Å². The molecule has 0 amide bonds. The van der Waals surface area contributed by atoms with Crippen LogP contribution < -0.4 is 0 Å². The molecule has 3 saturated heterocycles. The van der Waals surface area contributed by atoms with E-state index in [1.165, 1.54) is 18.2 Å². The molecule has 11 heteroatoms. The summed E-state index contributed by atoms with van der Waals surface area (Å²) in [5, 5.41) is 25.3. The number of Topliss-reactive ketones (excluding diaryl/α,β-unsaturated/α-hetero) is 2. The van der Waals surface area contributed by atoms with Crippen molar-refractivity contribution in [2.75, 3.05) is 31.8 Å². The highest BCUT2D eigenvalue weighted by molar-refractivity contribution is 7.99. The summed E-state index contributed by atoms with van der Waals surface area (Å²) in [7, 11) is 1.92. The molecule has 3 heterocycles. The number of carbonyl (C=O) groups excluding carboxylic acids is 2. The third-order valence-corrected chi connectivity index (χ3v) is 11.3. The summed E-state index contributed by atoms with van der Waals surface area (Å²) in [6.45, 7) is 0.533. The van der Waals surface area contributed by atoms with E-state index in [0.717, 1.165) is 16.3 Å². The number of likely N-dealkylation sites (N-methyl/N-ethyl adjacent to an activating group) is 1. The van der Waals surface area contributed by atoms with Crippen molar-refractivity contribution in [3.63, 3.8) is 0 Å². The lowest BCUT2D eigenvalue weighted by atomic mass is 9.55. The maximum atomic E-state index is 15.6.